The molecule has 0 spiro atoms. The molecule has 0 aliphatic heterocycles. The fourth-order valence-corrected chi connectivity index (χ4v) is 2.70. The SMILES string of the molecule is CCOc1ccc(/C=N\NC(=O)c2ccc(COc3ccccc3)cc2)cc1OC. The Balaban J connectivity index is 1.54. The summed E-state index contributed by atoms with van der Waals surface area (Å²) < 4.78 is 16.5. The van der Waals surface area contributed by atoms with Crippen molar-refractivity contribution in [3.05, 3.63) is 89.5 Å². The van der Waals surface area contributed by atoms with E-state index in [1.807, 2.05) is 61.5 Å². The third kappa shape index (κ3) is 5.85. The topological polar surface area (TPSA) is 69.2 Å². The van der Waals surface area contributed by atoms with E-state index in [1.165, 1.54) is 0 Å². The molecular weight excluding hydrogens is 380 g/mol. The normalized spacial score (nSPS) is 10.6. The fourth-order valence-electron chi connectivity index (χ4n) is 2.70. The highest BCUT2D eigenvalue weighted by Gasteiger charge is 2.06. The van der Waals surface area contributed by atoms with Gasteiger partial charge in [0.25, 0.3) is 5.91 Å². The summed E-state index contributed by atoms with van der Waals surface area (Å²) in [5.74, 6) is 1.79. The zero-order valence-corrected chi connectivity index (χ0v) is 17.0. The van der Waals surface area contributed by atoms with Gasteiger partial charge in [0.2, 0.25) is 0 Å². The maximum absolute atomic E-state index is 12.3. The van der Waals surface area contributed by atoms with Crippen LogP contribution in [0.1, 0.15) is 28.4 Å². The summed E-state index contributed by atoms with van der Waals surface area (Å²) in [6, 6.07) is 22.2. The summed E-state index contributed by atoms with van der Waals surface area (Å²) in [6.07, 6.45) is 1.55. The third-order valence-corrected chi connectivity index (χ3v) is 4.23. The molecule has 0 bridgehead atoms. The van der Waals surface area contributed by atoms with Gasteiger partial charge in [0.15, 0.2) is 11.5 Å². The van der Waals surface area contributed by atoms with Gasteiger partial charge in [0.05, 0.1) is 19.9 Å². The Morgan fingerprint density at radius 2 is 1.73 bits per heavy atom. The highest BCUT2D eigenvalue weighted by atomic mass is 16.5. The van der Waals surface area contributed by atoms with Gasteiger partial charge < -0.3 is 14.2 Å². The third-order valence-electron chi connectivity index (χ3n) is 4.23. The number of ether oxygens (including phenoxy) is 3. The second kappa shape index (κ2) is 10.7. The Hall–Kier alpha value is -3.80. The predicted molar refractivity (Wildman–Crippen MR) is 116 cm³/mol. The Morgan fingerprint density at radius 3 is 2.43 bits per heavy atom. The summed E-state index contributed by atoms with van der Waals surface area (Å²) in [5, 5.41) is 4.02. The smallest absolute Gasteiger partial charge is 0.271 e. The van der Waals surface area contributed by atoms with Crippen molar-refractivity contribution in [2.24, 2.45) is 5.10 Å². The average molecular weight is 404 g/mol. The van der Waals surface area contributed by atoms with Crippen molar-refractivity contribution >= 4 is 12.1 Å². The van der Waals surface area contributed by atoms with Crippen LogP contribution >= 0.6 is 0 Å². The van der Waals surface area contributed by atoms with Crippen molar-refractivity contribution in [1.82, 2.24) is 5.43 Å². The van der Waals surface area contributed by atoms with E-state index in [2.05, 4.69) is 10.5 Å². The van der Waals surface area contributed by atoms with Crippen LogP contribution in [0.15, 0.2) is 77.9 Å². The van der Waals surface area contributed by atoms with E-state index in [1.54, 1.807) is 31.5 Å². The van der Waals surface area contributed by atoms with Gasteiger partial charge in [0.1, 0.15) is 12.4 Å². The number of amides is 1. The molecule has 1 N–H and O–H groups in total. The number of hydrogen-bond acceptors (Lipinski definition) is 5. The summed E-state index contributed by atoms with van der Waals surface area (Å²) in [7, 11) is 1.58. The highest BCUT2D eigenvalue weighted by molar-refractivity contribution is 5.94. The van der Waals surface area contributed by atoms with Crippen LogP contribution in [0.4, 0.5) is 0 Å². The van der Waals surface area contributed by atoms with Crippen molar-refractivity contribution in [2.75, 3.05) is 13.7 Å². The molecule has 6 heteroatoms. The van der Waals surface area contributed by atoms with Crippen LogP contribution in [0.5, 0.6) is 17.2 Å². The standard InChI is InChI=1S/C24H24N2O4/c1-3-29-22-14-11-19(15-23(22)28-2)16-25-26-24(27)20-12-9-18(10-13-20)17-30-21-7-5-4-6-8-21/h4-16H,3,17H2,1-2H3,(H,26,27)/b25-16-. The number of para-hydroxylation sites is 1. The quantitative estimate of drug-likeness (QED) is 0.423. The van der Waals surface area contributed by atoms with Crippen LogP contribution in [-0.4, -0.2) is 25.8 Å². The van der Waals surface area contributed by atoms with Gasteiger partial charge in [-0.3, -0.25) is 4.79 Å². The second-order valence-electron chi connectivity index (χ2n) is 6.34. The molecule has 0 radical (unpaired) electrons. The van der Waals surface area contributed by atoms with E-state index < -0.39 is 0 Å². The number of methoxy groups -OCH3 is 1. The Labute approximate surface area is 176 Å². The molecule has 0 fully saturated rings. The van der Waals surface area contributed by atoms with Gasteiger partial charge in [-0.25, -0.2) is 5.43 Å². The average Bonchev–Trinajstić information content (AvgIpc) is 2.79. The molecular formula is C24H24N2O4. The molecule has 0 atom stereocenters. The molecule has 0 unspecified atom stereocenters. The first kappa shape index (κ1) is 20.9. The van der Waals surface area contributed by atoms with Crippen molar-refractivity contribution in [3.63, 3.8) is 0 Å². The van der Waals surface area contributed by atoms with Crippen LogP contribution < -0.4 is 19.6 Å². The molecule has 3 aromatic carbocycles. The van der Waals surface area contributed by atoms with E-state index in [0.29, 0.717) is 30.3 Å². The fraction of sp³-hybridized carbons (Fsp3) is 0.167. The molecule has 154 valence electrons. The molecule has 0 saturated heterocycles. The van der Waals surface area contributed by atoms with E-state index in [0.717, 1.165) is 16.9 Å². The molecule has 3 aromatic rings. The van der Waals surface area contributed by atoms with E-state index in [9.17, 15) is 4.79 Å². The first-order valence-corrected chi connectivity index (χ1v) is 9.60. The summed E-state index contributed by atoms with van der Waals surface area (Å²) in [4.78, 5) is 12.3. The maximum Gasteiger partial charge on any atom is 0.271 e. The maximum atomic E-state index is 12.3. The minimum Gasteiger partial charge on any atom is -0.493 e. The minimum atomic E-state index is -0.292. The zero-order chi connectivity index (χ0) is 21.2. The molecule has 0 aromatic heterocycles. The predicted octanol–water partition coefficient (Wildman–Crippen LogP) is 4.44. The van der Waals surface area contributed by atoms with Gasteiger partial charge in [0, 0.05) is 5.56 Å². The lowest BCUT2D eigenvalue weighted by Gasteiger charge is -2.09. The number of hydrogen-bond donors (Lipinski definition) is 1. The molecule has 0 heterocycles. The number of benzene rings is 3. The van der Waals surface area contributed by atoms with Gasteiger partial charge in [-0.1, -0.05) is 30.3 Å². The van der Waals surface area contributed by atoms with Crippen LogP contribution in [0, 0.1) is 0 Å². The summed E-state index contributed by atoms with van der Waals surface area (Å²) in [6.45, 7) is 2.90. The highest BCUT2D eigenvalue weighted by Crippen LogP contribution is 2.27. The Bertz CT molecular complexity index is 986. The summed E-state index contributed by atoms with van der Waals surface area (Å²) >= 11 is 0. The Kier molecular flexibility index (Phi) is 7.44. The van der Waals surface area contributed by atoms with Crippen LogP contribution in [-0.2, 0) is 6.61 Å². The van der Waals surface area contributed by atoms with Crippen molar-refractivity contribution in [2.45, 2.75) is 13.5 Å². The van der Waals surface area contributed by atoms with Gasteiger partial charge in [-0.2, -0.15) is 5.10 Å². The number of hydrazone groups is 1. The van der Waals surface area contributed by atoms with Crippen LogP contribution in [0.3, 0.4) is 0 Å². The first-order valence-electron chi connectivity index (χ1n) is 9.60. The summed E-state index contributed by atoms with van der Waals surface area (Å²) in [5.41, 5.74) is 4.80. The monoisotopic (exact) mass is 404 g/mol. The first-order chi connectivity index (χ1) is 14.7. The van der Waals surface area contributed by atoms with Crippen molar-refractivity contribution in [3.8, 4) is 17.2 Å². The lowest BCUT2D eigenvalue weighted by Crippen LogP contribution is -2.17. The molecule has 1 amide bonds. The van der Waals surface area contributed by atoms with Gasteiger partial charge in [-0.15, -0.1) is 0 Å². The lowest BCUT2D eigenvalue weighted by molar-refractivity contribution is 0.0955. The van der Waals surface area contributed by atoms with Gasteiger partial charge >= 0.3 is 0 Å². The van der Waals surface area contributed by atoms with E-state index in [-0.39, 0.29) is 5.91 Å². The zero-order valence-electron chi connectivity index (χ0n) is 17.0. The van der Waals surface area contributed by atoms with Crippen molar-refractivity contribution in [1.29, 1.82) is 0 Å². The molecule has 3 rings (SSSR count). The molecule has 0 aliphatic carbocycles. The molecule has 0 saturated carbocycles. The molecule has 6 nitrogen and oxygen atoms in total. The lowest BCUT2D eigenvalue weighted by atomic mass is 10.1. The van der Waals surface area contributed by atoms with Crippen LogP contribution in [0.2, 0.25) is 0 Å². The van der Waals surface area contributed by atoms with Crippen LogP contribution in [0.25, 0.3) is 0 Å². The van der Waals surface area contributed by atoms with E-state index in [4.69, 9.17) is 14.2 Å². The van der Waals surface area contributed by atoms with E-state index >= 15 is 0 Å². The second-order valence-corrected chi connectivity index (χ2v) is 6.34. The van der Waals surface area contributed by atoms with Crippen molar-refractivity contribution < 1.29 is 19.0 Å². The molecule has 30 heavy (non-hydrogen) atoms. The Morgan fingerprint density at radius 1 is 0.967 bits per heavy atom. The van der Waals surface area contributed by atoms with Gasteiger partial charge in [-0.05, 0) is 60.5 Å². The number of nitrogens with one attached hydrogen (secondary N) is 1. The number of nitrogens with zero attached hydrogens (tertiary/aromatic N) is 1. The number of carbonyl (C=O) groups excluding carboxylic acids is 1. The number of carbonyl (C=O) groups is 1. The number of rotatable bonds is 9. The largest absolute Gasteiger partial charge is 0.493 e. The molecule has 0 aliphatic rings. The minimum absolute atomic E-state index is 0.292.